The highest BCUT2D eigenvalue weighted by atomic mass is 127. The Bertz CT molecular complexity index is 1550. The number of hydrogen-bond acceptors (Lipinski definition) is 7. The third-order valence-electron chi connectivity index (χ3n) is 9.55. The van der Waals surface area contributed by atoms with Crippen molar-refractivity contribution in [1.29, 1.82) is 0 Å². The molecule has 8 nitrogen and oxygen atoms in total. The van der Waals surface area contributed by atoms with E-state index >= 15 is 0 Å². The van der Waals surface area contributed by atoms with Crippen molar-refractivity contribution in [3.63, 3.8) is 0 Å². The largest absolute Gasteiger partial charge is 0.494 e. The summed E-state index contributed by atoms with van der Waals surface area (Å²) < 4.78 is 35.8. The Morgan fingerprint density at radius 3 is 1.98 bits per heavy atom. The van der Waals surface area contributed by atoms with Gasteiger partial charge in [0.15, 0.2) is 0 Å². The lowest BCUT2D eigenvalue weighted by Gasteiger charge is -2.32. The van der Waals surface area contributed by atoms with E-state index in [4.69, 9.17) is 33.4 Å². The highest BCUT2D eigenvalue weighted by Crippen LogP contribution is 2.48. The number of methoxy groups -OCH3 is 1. The highest BCUT2D eigenvalue weighted by molar-refractivity contribution is 14.1. The van der Waals surface area contributed by atoms with E-state index in [2.05, 4.69) is 117 Å². The van der Waals surface area contributed by atoms with Crippen LogP contribution in [-0.4, -0.2) is 58.5 Å². The van der Waals surface area contributed by atoms with E-state index in [-0.39, 0.29) is 6.04 Å². The van der Waals surface area contributed by atoms with Gasteiger partial charge in [0.25, 0.3) is 0 Å². The number of nitrogens with zero attached hydrogens (tertiary/aromatic N) is 3. The lowest BCUT2D eigenvalue weighted by molar-refractivity contribution is 0.00578. The minimum atomic E-state index is -0.678. The number of allylic oxidation sites excluding steroid dienone is 1. The molecule has 11 heteroatoms. The highest BCUT2D eigenvalue weighted by Gasteiger charge is 2.57. The molecule has 0 radical (unpaired) electrons. The van der Waals surface area contributed by atoms with E-state index in [1.54, 1.807) is 7.11 Å². The molecule has 1 aromatic carbocycles. The van der Waals surface area contributed by atoms with E-state index in [1.807, 2.05) is 16.9 Å². The summed E-state index contributed by atoms with van der Waals surface area (Å²) in [6.45, 7) is 23.0. The minimum Gasteiger partial charge on any atom is -0.479 e. The smallest absolute Gasteiger partial charge is 0.479 e. The number of halogens is 1. The molecule has 0 spiro atoms. The van der Waals surface area contributed by atoms with Gasteiger partial charge in [-0.15, -0.1) is 5.10 Å². The van der Waals surface area contributed by atoms with Gasteiger partial charge in [-0.25, -0.2) is 0 Å². The van der Waals surface area contributed by atoms with Crippen LogP contribution in [0.1, 0.15) is 94.2 Å². The Hall–Kier alpha value is -1.92. The van der Waals surface area contributed by atoms with Gasteiger partial charge < -0.3 is 23.4 Å². The maximum atomic E-state index is 6.79. The number of hydrogen-bond donors (Lipinski definition) is 0. The first-order valence-corrected chi connectivity index (χ1v) is 16.2. The predicted octanol–water partition coefficient (Wildman–Crippen LogP) is 7.72. The Morgan fingerprint density at radius 2 is 1.49 bits per heavy atom. The average Bonchev–Trinajstić information content (AvgIpc) is 3.45. The van der Waals surface area contributed by atoms with E-state index in [1.165, 1.54) is 0 Å². The molecule has 3 aromatic rings. The van der Waals surface area contributed by atoms with Gasteiger partial charge in [0, 0.05) is 21.4 Å². The van der Waals surface area contributed by atoms with E-state index in [0.717, 1.165) is 42.2 Å². The summed E-state index contributed by atoms with van der Waals surface area (Å²) in [5, 5.41) is 5.74. The molecule has 0 saturated carbocycles. The van der Waals surface area contributed by atoms with Gasteiger partial charge in [-0.2, -0.15) is 0 Å². The van der Waals surface area contributed by atoms with Crippen molar-refractivity contribution in [1.82, 2.24) is 14.8 Å². The monoisotopic (exact) mass is 699 g/mol. The van der Waals surface area contributed by atoms with Crippen LogP contribution in [0.25, 0.3) is 27.6 Å². The zero-order valence-electron chi connectivity index (χ0n) is 27.6. The zero-order chi connectivity index (χ0) is 31.7. The van der Waals surface area contributed by atoms with Gasteiger partial charge in [-0.3, -0.25) is 9.67 Å². The first kappa shape index (κ1) is 32.5. The fraction of sp³-hybridized carbons (Fsp3) is 0.562. The second-order valence-corrected chi connectivity index (χ2v) is 14.9. The molecule has 0 atom stereocenters. The van der Waals surface area contributed by atoms with Gasteiger partial charge in [0.05, 0.1) is 46.1 Å². The summed E-state index contributed by atoms with van der Waals surface area (Å²) in [4.78, 5) is 4.88. The van der Waals surface area contributed by atoms with Crippen molar-refractivity contribution in [3.8, 4) is 17.1 Å². The van der Waals surface area contributed by atoms with Crippen molar-refractivity contribution in [3.05, 3.63) is 45.1 Å². The summed E-state index contributed by atoms with van der Waals surface area (Å²) >= 11 is 2.36. The molecular formula is C32H44B2IN3O5. The predicted molar refractivity (Wildman–Crippen MR) is 182 cm³/mol. The number of fused-ring (bicyclic) bond motifs is 1. The summed E-state index contributed by atoms with van der Waals surface area (Å²) in [5.74, 6) is 0.564. The molecule has 2 aliphatic heterocycles. The van der Waals surface area contributed by atoms with Crippen molar-refractivity contribution in [2.24, 2.45) is 0 Å². The van der Waals surface area contributed by atoms with Gasteiger partial charge in [0.1, 0.15) is 0 Å². The van der Waals surface area contributed by atoms with E-state index in [9.17, 15) is 0 Å². The van der Waals surface area contributed by atoms with Crippen LogP contribution in [0.2, 0.25) is 0 Å². The van der Waals surface area contributed by atoms with Crippen LogP contribution in [-0.2, 0) is 18.6 Å². The van der Waals surface area contributed by atoms with E-state index in [0.29, 0.717) is 12.3 Å². The molecule has 0 aliphatic carbocycles. The van der Waals surface area contributed by atoms with Crippen LogP contribution in [0.15, 0.2) is 35.9 Å². The van der Waals surface area contributed by atoms with Crippen molar-refractivity contribution in [2.45, 2.75) is 111 Å². The Morgan fingerprint density at radius 1 is 0.930 bits per heavy atom. The molecule has 0 unspecified atom stereocenters. The minimum absolute atomic E-state index is 0.127. The Kier molecular flexibility index (Phi) is 8.42. The molecule has 5 rings (SSSR count). The fourth-order valence-corrected chi connectivity index (χ4v) is 6.22. The van der Waals surface area contributed by atoms with Crippen molar-refractivity contribution >= 4 is 53.2 Å². The van der Waals surface area contributed by atoms with Gasteiger partial charge in [-0.05, 0) is 139 Å². The second-order valence-electron chi connectivity index (χ2n) is 13.8. The average molecular weight is 699 g/mol. The van der Waals surface area contributed by atoms with Crippen LogP contribution >= 0.6 is 22.6 Å². The number of ether oxygens (including phenoxy) is 1. The molecule has 43 heavy (non-hydrogen) atoms. The SMILES string of the molecule is CC/C(B1OC(C)(C)C(C)(C)O1)=C(/B1OC(C)(C)C(C)(C)O1)c1cc2c(OC)nn(C(C)C)c2cc1-c1ncccc1I. The lowest BCUT2D eigenvalue weighted by Crippen LogP contribution is -2.41. The molecule has 2 aliphatic rings. The van der Waals surface area contributed by atoms with Gasteiger partial charge in [0.2, 0.25) is 5.88 Å². The van der Waals surface area contributed by atoms with Crippen LogP contribution in [0, 0.1) is 3.57 Å². The third kappa shape index (κ3) is 5.47. The van der Waals surface area contributed by atoms with E-state index < -0.39 is 36.6 Å². The maximum Gasteiger partial charge on any atom is 0.494 e. The second kappa shape index (κ2) is 11.2. The molecule has 0 bridgehead atoms. The van der Waals surface area contributed by atoms with Crippen LogP contribution in [0.5, 0.6) is 5.88 Å². The zero-order valence-corrected chi connectivity index (χ0v) is 29.7. The summed E-state index contributed by atoms with van der Waals surface area (Å²) in [5.41, 5.74) is 3.45. The fourth-order valence-electron chi connectivity index (χ4n) is 5.58. The molecular weight excluding hydrogens is 655 g/mol. The van der Waals surface area contributed by atoms with Crippen LogP contribution < -0.4 is 4.74 Å². The maximum absolute atomic E-state index is 6.79. The van der Waals surface area contributed by atoms with Gasteiger partial charge in [-0.1, -0.05) is 6.92 Å². The van der Waals surface area contributed by atoms with Gasteiger partial charge >= 0.3 is 14.2 Å². The molecule has 230 valence electrons. The third-order valence-corrected chi connectivity index (χ3v) is 10.4. The van der Waals surface area contributed by atoms with Crippen molar-refractivity contribution < 1.29 is 23.4 Å². The standard InChI is InChI=1S/C32H44B2IN3O5/c1-13-23(33-40-29(4,5)30(6,7)41-33)26(34-42-31(8,9)32(10,11)43-34)20-17-22-25(38(19(2)3)37-28(22)39-12)18-21(20)27-24(35)15-14-16-36-27/h14-19H,13H2,1-12H3/b26-23-. The molecule has 0 N–H and O–H groups in total. The molecule has 4 heterocycles. The first-order chi connectivity index (χ1) is 19.9. The van der Waals surface area contributed by atoms with Crippen LogP contribution in [0.4, 0.5) is 0 Å². The molecule has 0 amide bonds. The summed E-state index contributed by atoms with van der Waals surface area (Å²) in [6.07, 6.45) is 2.49. The number of pyridine rings is 1. The first-order valence-electron chi connectivity index (χ1n) is 15.1. The van der Waals surface area contributed by atoms with Crippen LogP contribution in [0.3, 0.4) is 0 Å². The molecule has 2 fully saturated rings. The molecule has 2 saturated heterocycles. The lowest BCUT2D eigenvalue weighted by atomic mass is 9.60. The number of aromatic nitrogens is 3. The Labute approximate surface area is 270 Å². The number of benzene rings is 1. The number of rotatable bonds is 7. The topological polar surface area (TPSA) is 76.9 Å². The van der Waals surface area contributed by atoms with Crippen molar-refractivity contribution in [2.75, 3.05) is 7.11 Å². The Balaban J connectivity index is 1.89. The normalized spacial score (nSPS) is 21.2. The quantitative estimate of drug-likeness (QED) is 0.185. The summed E-state index contributed by atoms with van der Waals surface area (Å²) in [7, 11) is 0.396. The molecule has 2 aromatic heterocycles. The summed E-state index contributed by atoms with van der Waals surface area (Å²) in [6, 6.07) is 8.48.